The first-order valence-electron chi connectivity index (χ1n) is 13.0. The summed E-state index contributed by atoms with van der Waals surface area (Å²) in [4.78, 5) is 32.1. The fourth-order valence-corrected chi connectivity index (χ4v) is 6.01. The Labute approximate surface area is 214 Å². The highest BCUT2D eigenvalue weighted by atomic mass is 32.2. The lowest BCUT2D eigenvalue weighted by molar-refractivity contribution is -0.122. The zero-order chi connectivity index (χ0) is 24.6. The maximum absolute atomic E-state index is 13.4. The van der Waals surface area contributed by atoms with Gasteiger partial charge in [-0.15, -0.1) is 0 Å². The van der Waals surface area contributed by atoms with E-state index in [-0.39, 0.29) is 18.4 Å². The van der Waals surface area contributed by atoms with Crippen LogP contribution >= 0.6 is 11.8 Å². The Morgan fingerprint density at radius 2 is 1.91 bits per heavy atom. The molecule has 4 rings (SSSR count). The Kier molecular flexibility index (Phi) is 9.05. The van der Waals surface area contributed by atoms with Crippen LogP contribution in [0.3, 0.4) is 0 Å². The van der Waals surface area contributed by atoms with Gasteiger partial charge in [0.25, 0.3) is 5.91 Å². The number of rotatable bonds is 9. The van der Waals surface area contributed by atoms with Crippen LogP contribution in [0.1, 0.15) is 57.1 Å². The second-order valence-electron chi connectivity index (χ2n) is 9.36. The normalized spacial score (nSPS) is 19.6. The number of carbonyl (C=O) groups excluding carboxylic acids is 2. The number of thioether (sulfide) groups is 1. The standard InChI is InChI=1S/C29H37N3O2S/c1-3-22-13-15-23(16-14-22)20-27-29(34)32(25-11-5-6-12-26(25)35-27)21-28(33)30-17-9-19-31-18-8-7-10-24(31)4-2/h5-6,11-16,20,24H,3-4,7-10,17-19,21H2,1-2H3,(H,30,33)/b27-20+/t24-/m0/s1. The number of hydrogen-bond acceptors (Lipinski definition) is 4. The van der Waals surface area contributed by atoms with Crippen molar-refractivity contribution in [1.29, 1.82) is 0 Å². The number of nitrogens with zero attached hydrogens (tertiary/aromatic N) is 2. The summed E-state index contributed by atoms with van der Waals surface area (Å²) in [5.74, 6) is -0.236. The first-order chi connectivity index (χ1) is 17.1. The second-order valence-corrected chi connectivity index (χ2v) is 10.4. The van der Waals surface area contributed by atoms with Gasteiger partial charge in [-0.2, -0.15) is 0 Å². The summed E-state index contributed by atoms with van der Waals surface area (Å²) < 4.78 is 0. The first kappa shape index (κ1) is 25.5. The lowest BCUT2D eigenvalue weighted by Crippen LogP contribution is -2.44. The molecule has 0 radical (unpaired) electrons. The molecular weight excluding hydrogens is 454 g/mol. The largest absolute Gasteiger partial charge is 0.355 e. The van der Waals surface area contributed by atoms with Crippen molar-refractivity contribution in [2.75, 3.05) is 31.1 Å². The number of anilines is 1. The number of likely N-dealkylation sites (tertiary alicyclic amines) is 1. The van der Waals surface area contributed by atoms with Crippen LogP contribution in [-0.4, -0.2) is 48.9 Å². The molecule has 1 atom stereocenters. The smallest absolute Gasteiger partial charge is 0.265 e. The quantitative estimate of drug-likeness (QED) is 0.372. The van der Waals surface area contributed by atoms with Crippen LogP contribution in [0.2, 0.25) is 0 Å². The van der Waals surface area contributed by atoms with E-state index in [0.29, 0.717) is 17.5 Å². The van der Waals surface area contributed by atoms with Crippen LogP contribution in [0.15, 0.2) is 58.3 Å². The molecule has 1 N–H and O–H groups in total. The van der Waals surface area contributed by atoms with Crippen LogP contribution in [0.4, 0.5) is 5.69 Å². The van der Waals surface area contributed by atoms with Gasteiger partial charge in [0.05, 0.1) is 10.6 Å². The zero-order valence-corrected chi connectivity index (χ0v) is 21.8. The SMILES string of the molecule is CCc1ccc(/C=C2/Sc3ccccc3N(CC(=O)NCCCN3CCCC[C@@H]3CC)C2=O)cc1. The van der Waals surface area contributed by atoms with Gasteiger partial charge in [0.2, 0.25) is 5.91 Å². The molecule has 2 amide bonds. The van der Waals surface area contributed by atoms with Gasteiger partial charge in [0.1, 0.15) is 6.54 Å². The van der Waals surface area contributed by atoms with Gasteiger partial charge in [-0.1, -0.05) is 68.4 Å². The summed E-state index contributed by atoms with van der Waals surface area (Å²) in [6.07, 6.45) is 8.93. The van der Waals surface area contributed by atoms with Crippen LogP contribution in [0.25, 0.3) is 6.08 Å². The number of hydrogen-bond donors (Lipinski definition) is 1. The number of para-hydroxylation sites is 1. The van der Waals surface area contributed by atoms with E-state index in [1.165, 1.54) is 49.6 Å². The summed E-state index contributed by atoms with van der Waals surface area (Å²) in [5, 5.41) is 3.05. The number of aryl methyl sites for hydroxylation is 1. The molecule has 2 aliphatic heterocycles. The maximum Gasteiger partial charge on any atom is 0.265 e. The van der Waals surface area contributed by atoms with E-state index in [4.69, 9.17) is 0 Å². The third-order valence-electron chi connectivity index (χ3n) is 6.98. The summed E-state index contributed by atoms with van der Waals surface area (Å²) in [7, 11) is 0. The molecule has 0 aliphatic carbocycles. The van der Waals surface area contributed by atoms with Crippen molar-refractivity contribution < 1.29 is 9.59 Å². The average molecular weight is 492 g/mol. The van der Waals surface area contributed by atoms with E-state index in [1.54, 1.807) is 4.90 Å². The van der Waals surface area contributed by atoms with Crippen molar-refractivity contribution in [3.05, 3.63) is 64.6 Å². The maximum atomic E-state index is 13.4. The number of benzene rings is 2. The predicted octanol–water partition coefficient (Wildman–Crippen LogP) is 5.50. The second kappa shape index (κ2) is 12.4. The van der Waals surface area contributed by atoms with Crippen molar-refractivity contribution in [1.82, 2.24) is 10.2 Å². The molecular formula is C29H37N3O2S. The molecule has 6 heteroatoms. The molecule has 5 nitrogen and oxygen atoms in total. The lowest BCUT2D eigenvalue weighted by atomic mass is 10.00. The molecule has 2 aromatic carbocycles. The van der Waals surface area contributed by atoms with E-state index in [2.05, 4.69) is 36.2 Å². The van der Waals surface area contributed by atoms with Gasteiger partial charge in [-0.05, 0) is 68.0 Å². The number of amides is 2. The zero-order valence-electron chi connectivity index (χ0n) is 21.0. The van der Waals surface area contributed by atoms with E-state index in [1.807, 2.05) is 42.5 Å². The van der Waals surface area contributed by atoms with Crippen molar-refractivity contribution in [2.24, 2.45) is 0 Å². The van der Waals surface area contributed by atoms with Gasteiger partial charge in [0.15, 0.2) is 0 Å². The predicted molar refractivity (Wildman–Crippen MR) is 146 cm³/mol. The van der Waals surface area contributed by atoms with Crippen LogP contribution in [-0.2, 0) is 16.0 Å². The molecule has 1 fully saturated rings. The van der Waals surface area contributed by atoms with Crippen molar-refractivity contribution >= 4 is 35.3 Å². The molecule has 1 saturated heterocycles. The van der Waals surface area contributed by atoms with E-state index < -0.39 is 0 Å². The molecule has 2 heterocycles. The number of fused-ring (bicyclic) bond motifs is 1. The Morgan fingerprint density at radius 3 is 2.69 bits per heavy atom. The molecule has 0 aromatic heterocycles. The van der Waals surface area contributed by atoms with Gasteiger partial charge >= 0.3 is 0 Å². The Morgan fingerprint density at radius 1 is 1.11 bits per heavy atom. The summed E-state index contributed by atoms with van der Waals surface area (Å²) in [6.45, 7) is 7.24. The van der Waals surface area contributed by atoms with Gasteiger partial charge < -0.3 is 10.2 Å². The molecule has 2 aromatic rings. The Hall–Kier alpha value is -2.57. The van der Waals surface area contributed by atoms with Crippen molar-refractivity contribution in [2.45, 2.75) is 63.3 Å². The highest BCUT2D eigenvalue weighted by Gasteiger charge is 2.30. The highest BCUT2D eigenvalue weighted by molar-refractivity contribution is 8.04. The Bertz CT molecular complexity index is 1050. The average Bonchev–Trinajstić information content (AvgIpc) is 2.89. The van der Waals surface area contributed by atoms with Crippen molar-refractivity contribution in [3.8, 4) is 0 Å². The topological polar surface area (TPSA) is 52.7 Å². The van der Waals surface area contributed by atoms with Crippen LogP contribution in [0.5, 0.6) is 0 Å². The fraction of sp³-hybridized carbons (Fsp3) is 0.448. The molecule has 0 spiro atoms. The minimum absolute atomic E-state index is 0.0316. The van der Waals surface area contributed by atoms with E-state index in [0.717, 1.165) is 35.5 Å². The van der Waals surface area contributed by atoms with E-state index in [9.17, 15) is 9.59 Å². The third kappa shape index (κ3) is 6.56. The van der Waals surface area contributed by atoms with Gasteiger partial charge in [0, 0.05) is 24.0 Å². The Balaban J connectivity index is 1.38. The monoisotopic (exact) mass is 491 g/mol. The molecule has 2 aliphatic rings. The number of piperidine rings is 1. The van der Waals surface area contributed by atoms with Crippen LogP contribution in [0, 0.1) is 0 Å². The minimum Gasteiger partial charge on any atom is -0.355 e. The molecule has 0 unspecified atom stereocenters. The molecule has 0 bridgehead atoms. The summed E-state index contributed by atoms with van der Waals surface area (Å²) in [5.41, 5.74) is 3.06. The lowest BCUT2D eigenvalue weighted by Gasteiger charge is -2.35. The first-order valence-corrected chi connectivity index (χ1v) is 13.8. The fourth-order valence-electron chi connectivity index (χ4n) is 4.95. The van der Waals surface area contributed by atoms with Gasteiger partial charge in [-0.3, -0.25) is 14.5 Å². The minimum atomic E-state index is -0.123. The number of nitrogens with one attached hydrogen (secondary N) is 1. The van der Waals surface area contributed by atoms with Crippen molar-refractivity contribution in [3.63, 3.8) is 0 Å². The number of carbonyl (C=O) groups is 2. The highest BCUT2D eigenvalue weighted by Crippen LogP contribution is 2.41. The molecule has 35 heavy (non-hydrogen) atoms. The molecule has 186 valence electrons. The summed E-state index contributed by atoms with van der Waals surface area (Å²) in [6, 6.07) is 16.8. The van der Waals surface area contributed by atoms with Gasteiger partial charge in [-0.25, -0.2) is 0 Å². The van der Waals surface area contributed by atoms with E-state index >= 15 is 0 Å². The molecule has 0 saturated carbocycles. The van der Waals surface area contributed by atoms with Crippen LogP contribution < -0.4 is 10.2 Å². The summed E-state index contributed by atoms with van der Waals surface area (Å²) >= 11 is 1.47. The third-order valence-corrected chi connectivity index (χ3v) is 8.06.